The molecule has 0 heterocycles. The largest absolute Gasteiger partial charge is 0.372 e. The van der Waals surface area contributed by atoms with Gasteiger partial charge in [0.05, 0.1) is 11.9 Å². The van der Waals surface area contributed by atoms with Crippen molar-refractivity contribution >= 4 is 5.84 Å². The Hall–Kier alpha value is -1.25. The number of hydrogen-bond acceptors (Lipinski definition) is 2. The fourth-order valence-electron chi connectivity index (χ4n) is 2.30. The van der Waals surface area contributed by atoms with Gasteiger partial charge in [-0.3, -0.25) is 4.99 Å². The van der Waals surface area contributed by atoms with E-state index in [1.807, 2.05) is 19.1 Å². The molecule has 108 valence electrons. The van der Waals surface area contributed by atoms with E-state index in [0.29, 0.717) is 6.04 Å². The van der Waals surface area contributed by atoms with Gasteiger partial charge in [-0.15, -0.1) is 0 Å². The van der Waals surface area contributed by atoms with Gasteiger partial charge in [0, 0.05) is 6.54 Å². The lowest BCUT2D eigenvalue weighted by molar-refractivity contribution is 0.443. The van der Waals surface area contributed by atoms with Crippen LogP contribution in [0.4, 0.5) is 0 Å². The van der Waals surface area contributed by atoms with Crippen LogP contribution in [0.5, 0.6) is 0 Å². The van der Waals surface area contributed by atoms with Crippen LogP contribution in [0, 0.1) is 0 Å². The molecule has 0 aromatic carbocycles. The van der Waals surface area contributed by atoms with Gasteiger partial charge in [-0.25, -0.2) is 0 Å². The molecule has 1 fully saturated rings. The summed E-state index contributed by atoms with van der Waals surface area (Å²) < 4.78 is 0. The van der Waals surface area contributed by atoms with E-state index in [-0.39, 0.29) is 0 Å². The Morgan fingerprint density at radius 3 is 2.68 bits per heavy atom. The van der Waals surface area contributed by atoms with E-state index in [1.54, 1.807) is 0 Å². The summed E-state index contributed by atoms with van der Waals surface area (Å²) in [5.41, 5.74) is 0. The number of rotatable bonds is 7. The molecular weight excluding hydrogens is 234 g/mol. The highest BCUT2D eigenvalue weighted by atomic mass is 15.1. The molecule has 2 N–H and O–H groups in total. The minimum Gasteiger partial charge on any atom is -0.372 e. The number of nitrogens with zero attached hydrogens (tertiary/aromatic N) is 1. The number of amidine groups is 1. The van der Waals surface area contributed by atoms with Crippen LogP contribution in [0.3, 0.4) is 0 Å². The lowest BCUT2D eigenvalue weighted by Gasteiger charge is -2.19. The number of allylic oxidation sites excluding steroid dienone is 1. The topological polar surface area (TPSA) is 36.4 Å². The van der Waals surface area contributed by atoms with E-state index in [4.69, 9.17) is 4.99 Å². The molecule has 0 aromatic heterocycles. The predicted octanol–water partition coefficient (Wildman–Crippen LogP) is 3.74. The summed E-state index contributed by atoms with van der Waals surface area (Å²) in [6.07, 6.45) is 12.8. The Morgan fingerprint density at radius 2 is 2.05 bits per heavy atom. The smallest absolute Gasteiger partial charge is 0.126 e. The molecule has 1 aliphatic rings. The van der Waals surface area contributed by atoms with Crippen molar-refractivity contribution in [3.05, 3.63) is 24.6 Å². The second-order valence-electron chi connectivity index (χ2n) is 5.19. The van der Waals surface area contributed by atoms with Crippen molar-refractivity contribution in [2.24, 2.45) is 4.99 Å². The Balaban J connectivity index is 2.46. The zero-order valence-electron chi connectivity index (χ0n) is 12.5. The molecule has 19 heavy (non-hydrogen) atoms. The molecule has 0 aromatic rings. The van der Waals surface area contributed by atoms with Crippen molar-refractivity contribution in [1.82, 2.24) is 10.6 Å². The van der Waals surface area contributed by atoms with Crippen LogP contribution < -0.4 is 10.6 Å². The lowest BCUT2D eigenvalue weighted by atomic mass is 9.96. The molecule has 0 amide bonds. The fraction of sp³-hybridized carbons (Fsp3) is 0.688. The van der Waals surface area contributed by atoms with E-state index in [2.05, 4.69) is 24.1 Å². The molecule has 0 radical (unpaired) electrons. The van der Waals surface area contributed by atoms with Crippen LogP contribution in [-0.4, -0.2) is 18.4 Å². The minimum absolute atomic E-state index is 0.482. The van der Waals surface area contributed by atoms with Gasteiger partial charge in [0.15, 0.2) is 0 Å². The van der Waals surface area contributed by atoms with Crippen LogP contribution in [0.15, 0.2) is 29.5 Å². The van der Waals surface area contributed by atoms with Crippen molar-refractivity contribution in [3.8, 4) is 0 Å². The van der Waals surface area contributed by atoms with Crippen molar-refractivity contribution in [1.29, 1.82) is 0 Å². The average molecular weight is 263 g/mol. The number of hydrogen-bond donors (Lipinski definition) is 2. The SMILES string of the molecule is C=C(NCCCC)NC(/C=C\C)=NC1CCCCC1. The maximum absolute atomic E-state index is 4.81. The summed E-state index contributed by atoms with van der Waals surface area (Å²) in [5, 5.41) is 6.57. The van der Waals surface area contributed by atoms with Crippen LogP contribution in [-0.2, 0) is 0 Å². The van der Waals surface area contributed by atoms with Crippen LogP contribution >= 0.6 is 0 Å². The molecule has 1 aliphatic carbocycles. The third-order valence-electron chi connectivity index (χ3n) is 3.37. The third kappa shape index (κ3) is 7.04. The van der Waals surface area contributed by atoms with Gasteiger partial charge < -0.3 is 10.6 Å². The first-order valence-corrected chi connectivity index (χ1v) is 7.66. The van der Waals surface area contributed by atoms with Gasteiger partial charge in [-0.2, -0.15) is 0 Å². The van der Waals surface area contributed by atoms with Gasteiger partial charge >= 0.3 is 0 Å². The van der Waals surface area contributed by atoms with Gasteiger partial charge in [0.2, 0.25) is 0 Å². The zero-order chi connectivity index (χ0) is 13.9. The van der Waals surface area contributed by atoms with Gasteiger partial charge in [0.25, 0.3) is 0 Å². The molecular formula is C16H29N3. The summed E-state index contributed by atoms with van der Waals surface area (Å²) in [7, 11) is 0. The van der Waals surface area contributed by atoms with Gasteiger partial charge in [0.1, 0.15) is 5.84 Å². The molecule has 0 spiro atoms. The molecule has 0 aliphatic heterocycles. The zero-order valence-corrected chi connectivity index (χ0v) is 12.5. The maximum atomic E-state index is 4.81. The lowest BCUT2D eigenvalue weighted by Crippen LogP contribution is -2.31. The van der Waals surface area contributed by atoms with E-state index < -0.39 is 0 Å². The molecule has 0 unspecified atom stereocenters. The van der Waals surface area contributed by atoms with Gasteiger partial charge in [-0.1, -0.05) is 45.3 Å². The summed E-state index contributed by atoms with van der Waals surface area (Å²) >= 11 is 0. The highest BCUT2D eigenvalue weighted by Crippen LogP contribution is 2.20. The highest BCUT2D eigenvalue weighted by molar-refractivity contribution is 5.94. The average Bonchev–Trinajstić information content (AvgIpc) is 2.40. The number of nitrogens with one attached hydrogen (secondary N) is 2. The second-order valence-corrected chi connectivity index (χ2v) is 5.19. The summed E-state index contributed by atoms with van der Waals surface area (Å²) in [5.74, 6) is 1.78. The monoisotopic (exact) mass is 263 g/mol. The van der Waals surface area contributed by atoms with Crippen LogP contribution in [0.25, 0.3) is 0 Å². The molecule has 0 saturated heterocycles. The number of aliphatic imine (C=N–C) groups is 1. The Morgan fingerprint density at radius 1 is 1.32 bits per heavy atom. The predicted molar refractivity (Wildman–Crippen MR) is 84.3 cm³/mol. The van der Waals surface area contributed by atoms with Crippen LogP contribution in [0.2, 0.25) is 0 Å². The van der Waals surface area contributed by atoms with E-state index in [0.717, 1.165) is 18.2 Å². The molecule has 3 nitrogen and oxygen atoms in total. The first-order valence-electron chi connectivity index (χ1n) is 7.66. The van der Waals surface area contributed by atoms with Gasteiger partial charge in [-0.05, 0) is 32.3 Å². The standard InChI is InChI=1S/C16H29N3/c1-4-6-13-17-14(3)18-16(10-5-2)19-15-11-8-7-9-12-15/h5,10,15,17H,3-4,6-9,11-13H2,1-2H3,(H,18,19)/b10-5-. The minimum atomic E-state index is 0.482. The Labute approximate surface area is 118 Å². The summed E-state index contributed by atoms with van der Waals surface area (Å²) in [6.45, 7) is 9.18. The summed E-state index contributed by atoms with van der Waals surface area (Å²) in [4.78, 5) is 4.81. The maximum Gasteiger partial charge on any atom is 0.126 e. The summed E-state index contributed by atoms with van der Waals surface area (Å²) in [6, 6.07) is 0.482. The number of unbranched alkanes of at least 4 members (excludes halogenated alkanes) is 1. The highest BCUT2D eigenvalue weighted by Gasteiger charge is 2.12. The molecule has 0 bridgehead atoms. The quantitative estimate of drug-likeness (QED) is 0.417. The molecule has 1 rings (SSSR count). The second kappa shape index (κ2) is 9.65. The van der Waals surface area contributed by atoms with Crippen LogP contribution in [0.1, 0.15) is 58.8 Å². The molecule has 1 saturated carbocycles. The Kier molecular flexibility index (Phi) is 8.03. The molecule has 0 atom stereocenters. The van der Waals surface area contributed by atoms with E-state index >= 15 is 0 Å². The van der Waals surface area contributed by atoms with Crippen molar-refractivity contribution < 1.29 is 0 Å². The van der Waals surface area contributed by atoms with E-state index in [1.165, 1.54) is 44.9 Å². The first-order chi connectivity index (χ1) is 9.26. The normalized spacial score (nSPS) is 17.7. The van der Waals surface area contributed by atoms with Crippen molar-refractivity contribution in [2.75, 3.05) is 6.54 Å². The third-order valence-corrected chi connectivity index (χ3v) is 3.37. The first kappa shape index (κ1) is 15.8. The molecule has 3 heteroatoms. The van der Waals surface area contributed by atoms with Crippen molar-refractivity contribution in [3.63, 3.8) is 0 Å². The fourth-order valence-corrected chi connectivity index (χ4v) is 2.30. The Bertz CT molecular complexity index is 312. The van der Waals surface area contributed by atoms with E-state index in [9.17, 15) is 0 Å². The van der Waals surface area contributed by atoms with Crippen molar-refractivity contribution in [2.45, 2.75) is 64.8 Å².